The van der Waals surface area contributed by atoms with Crippen LogP contribution < -0.4 is 4.90 Å². The van der Waals surface area contributed by atoms with Crippen LogP contribution in [0.1, 0.15) is 43.5 Å². The van der Waals surface area contributed by atoms with Crippen LogP contribution in [0, 0.1) is 11.3 Å². The van der Waals surface area contributed by atoms with Gasteiger partial charge >= 0.3 is 0 Å². The van der Waals surface area contributed by atoms with E-state index >= 15 is 0 Å². The van der Waals surface area contributed by atoms with Gasteiger partial charge in [-0.15, -0.1) is 5.10 Å². The predicted molar refractivity (Wildman–Crippen MR) is 73.0 cm³/mol. The Morgan fingerprint density at radius 3 is 2.47 bits per heavy atom. The van der Waals surface area contributed by atoms with Gasteiger partial charge in [0.1, 0.15) is 11.6 Å². The number of piperidine rings is 1. The molecule has 0 saturated carbocycles. The minimum atomic E-state index is -0.227. The molecule has 1 aliphatic heterocycles. The van der Waals surface area contributed by atoms with E-state index in [1.807, 2.05) is 13.8 Å². The molecule has 0 aliphatic carbocycles. The second kappa shape index (κ2) is 5.98. The van der Waals surface area contributed by atoms with Gasteiger partial charge < -0.3 is 10.0 Å². The van der Waals surface area contributed by atoms with Crippen LogP contribution in [0.25, 0.3) is 0 Å². The van der Waals surface area contributed by atoms with Crippen LogP contribution in [0.5, 0.6) is 0 Å². The van der Waals surface area contributed by atoms with E-state index in [4.69, 9.17) is 0 Å². The quantitative estimate of drug-likeness (QED) is 0.890. The second-order valence-corrected chi connectivity index (χ2v) is 4.86. The Morgan fingerprint density at radius 1 is 1.26 bits per heavy atom. The van der Waals surface area contributed by atoms with E-state index in [9.17, 15) is 10.4 Å². The van der Waals surface area contributed by atoms with Gasteiger partial charge in [0.05, 0.1) is 11.8 Å². The minimum Gasteiger partial charge on any atom is -0.393 e. The molecule has 1 N–H and O–H groups in total. The zero-order valence-corrected chi connectivity index (χ0v) is 11.6. The largest absolute Gasteiger partial charge is 0.393 e. The summed E-state index contributed by atoms with van der Waals surface area (Å²) in [5, 5.41) is 27.5. The summed E-state index contributed by atoms with van der Waals surface area (Å²) < 4.78 is 0. The molecule has 0 spiro atoms. The molecule has 0 amide bonds. The second-order valence-electron chi connectivity index (χ2n) is 4.86. The van der Waals surface area contributed by atoms with Crippen LogP contribution in [-0.2, 0) is 12.8 Å². The van der Waals surface area contributed by atoms with Crippen molar-refractivity contribution >= 4 is 5.82 Å². The van der Waals surface area contributed by atoms with Crippen molar-refractivity contribution in [3.8, 4) is 6.07 Å². The molecule has 1 fully saturated rings. The fraction of sp³-hybridized carbons (Fsp3) is 0.643. The zero-order chi connectivity index (χ0) is 13.8. The number of rotatable bonds is 3. The van der Waals surface area contributed by atoms with Crippen molar-refractivity contribution in [2.24, 2.45) is 0 Å². The van der Waals surface area contributed by atoms with Gasteiger partial charge in [0.2, 0.25) is 0 Å². The van der Waals surface area contributed by atoms with Crippen LogP contribution in [0.3, 0.4) is 0 Å². The number of aryl methyl sites for hydroxylation is 1. The normalized spacial score (nSPS) is 16.4. The van der Waals surface area contributed by atoms with Gasteiger partial charge in [0, 0.05) is 13.1 Å². The van der Waals surface area contributed by atoms with E-state index in [-0.39, 0.29) is 6.10 Å². The van der Waals surface area contributed by atoms with Crippen molar-refractivity contribution in [1.29, 1.82) is 5.26 Å². The molecule has 2 rings (SSSR count). The monoisotopic (exact) mass is 260 g/mol. The molecule has 0 radical (unpaired) electrons. The molecular formula is C14H20N4O. The molecule has 0 aromatic carbocycles. The number of nitrogens with zero attached hydrogens (tertiary/aromatic N) is 4. The zero-order valence-electron chi connectivity index (χ0n) is 11.6. The minimum absolute atomic E-state index is 0.227. The van der Waals surface area contributed by atoms with E-state index in [0.29, 0.717) is 11.4 Å². The van der Waals surface area contributed by atoms with E-state index < -0.39 is 0 Å². The van der Waals surface area contributed by atoms with Crippen molar-refractivity contribution in [1.82, 2.24) is 10.2 Å². The molecule has 1 aromatic rings. The van der Waals surface area contributed by atoms with Crippen molar-refractivity contribution in [3.05, 3.63) is 16.8 Å². The molecule has 2 heterocycles. The first kappa shape index (κ1) is 13.8. The molecule has 19 heavy (non-hydrogen) atoms. The average Bonchev–Trinajstić information content (AvgIpc) is 2.46. The maximum absolute atomic E-state index is 9.56. The molecular weight excluding hydrogens is 240 g/mol. The molecule has 0 atom stereocenters. The number of anilines is 1. The SMILES string of the molecule is CCc1nnc(N2CCC(O)CC2)c(C#N)c1CC. The number of aliphatic hydroxyl groups is 1. The van der Waals surface area contributed by atoms with Crippen LogP contribution in [-0.4, -0.2) is 34.5 Å². The molecule has 1 saturated heterocycles. The lowest BCUT2D eigenvalue weighted by molar-refractivity contribution is 0.145. The summed E-state index contributed by atoms with van der Waals surface area (Å²) in [5.41, 5.74) is 2.59. The highest BCUT2D eigenvalue weighted by Crippen LogP contribution is 2.25. The Bertz CT molecular complexity index is 487. The standard InChI is InChI=1S/C14H20N4O/c1-3-11-12(9-15)14(17-16-13(11)4-2)18-7-5-10(19)6-8-18/h10,19H,3-8H2,1-2H3. The summed E-state index contributed by atoms with van der Waals surface area (Å²) in [4.78, 5) is 2.07. The number of hydrogen-bond acceptors (Lipinski definition) is 5. The van der Waals surface area contributed by atoms with Gasteiger partial charge in [0.15, 0.2) is 5.82 Å². The van der Waals surface area contributed by atoms with Gasteiger partial charge in [-0.2, -0.15) is 10.4 Å². The lowest BCUT2D eigenvalue weighted by atomic mass is 10.0. The molecule has 1 aliphatic rings. The number of aliphatic hydroxyl groups excluding tert-OH is 1. The van der Waals surface area contributed by atoms with Crippen molar-refractivity contribution in [2.45, 2.75) is 45.6 Å². The van der Waals surface area contributed by atoms with E-state index in [1.54, 1.807) is 0 Å². The summed E-state index contributed by atoms with van der Waals surface area (Å²) >= 11 is 0. The van der Waals surface area contributed by atoms with Crippen LogP contribution >= 0.6 is 0 Å². The van der Waals surface area contributed by atoms with Crippen LogP contribution in [0.2, 0.25) is 0 Å². The smallest absolute Gasteiger partial charge is 0.169 e. The summed E-state index contributed by atoms with van der Waals surface area (Å²) in [6.45, 7) is 5.54. The predicted octanol–water partition coefficient (Wildman–Crippen LogP) is 1.43. The summed E-state index contributed by atoms with van der Waals surface area (Å²) in [7, 11) is 0. The summed E-state index contributed by atoms with van der Waals surface area (Å²) in [6.07, 6.45) is 2.82. The summed E-state index contributed by atoms with van der Waals surface area (Å²) in [5.74, 6) is 0.684. The van der Waals surface area contributed by atoms with Gasteiger partial charge in [-0.05, 0) is 31.2 Å². The third-order valence-electron chi connectivity index (χ3n) is 3.70. The Kier molecular flexibility index (Phi) is 4.33. The van der Waals surface area contributed by atoms with Gasteiger partial charge in [-0.25, -0.2) is 0 Å². The highest BCUT2D eigenvalue weighted by atomic mass is 16.3. The van der Waals surface area contributed by atoms with E-state index in [1.165, 1.54) is 0 Å². The molecule has 1 aromatic heterocycles. The fourth-order valence-corrected chi connectivity index (χ4v) is 2.58. The maximum atomic E-state index is 9.56. The highest BCUT2D eigenvalue weighted by Gasteiger charge is 2.23. The molecule has 102 valence electrons. The number of aromatic nitrogens is 2. The van der Waals surface area contributed by atoms with Crippen molar-refractivity contribution in [3.63, 3.8) is 0 Å². The number of hydrogen-bond donors (Lipinski definition) is 1. The molecule has 0 bridgehead atoms. The van der Waals surface area contributed by atoms with E-state index in [2.05, 4.69) is 21.2 Å². The fourth-order valence-electron chi connectivity index (χ4n) is 2.58. The molecule has 0 unspecified atom stereocenters. The van der Waals surface area contributed by atoms with Gasteiger partial charge in [0.25, 0.3) is 0 Å². The first-order valence-corrected chi connectivity index (χ1v) is 6.92. The lowest BCUT2D eigenvalue weighted by Gasteiger charge is -2.31. The topological polar surface area (TPSA) is 73.0 Å². The highest BCUT2D eigenvalue weighted by molar-refractivity contribution is 5.58. The molecule has 5 nitrogen and oxygen atoms in total. The Hall–Kier alpha value is -1.67. The van der Waals surface area contributed by atoms with Crippen molar-refractivity contribution < 1.29 is 5.11 Å². The van der Waals surface area contributed by atoms with Gasteiger partial charge in [-0.1, -0.05) is 13.8 Å². The third-order valence-corrected chi connectivity index (χ3v) is 3.70. The average molecular weight is 260 g/mol. The lowest BCUT2D eigenvalue weighted by Crippen LogP contribution is -2.37. The van der Waals surface area contributed by atoms with Crippen LogP contribution in [0.4, 0.5) is 5.82 Å². The first-order chi connectivity index (χ1) is 9.21. The number of nitriles is 1. The van der Waals surface area contributed by atoms with E-state index in [0.717, 1.165) is 50.0 Å². The van der Waals surface area contributed by atoms with Crippen molar-refractivity contribution in [2.75, 3.05) is 18.0 Å². The Labute approximate surface area is 113 Å². The third kappa shape index (κ3) is 2.69. The maximum Gasteiger partial charge on any atom is 0.169 e. The van der Waals surface area contributed by atoms with Gasteiger partial charge in [-0.3, -0.25) is 0 Å². The Morgan fingerprint density at radius 2 is 1.95 bits per heavy atom. The Balaban J connectivity index is 2.38. The first-order valence-electron chi connectivity index (χ1n) is 6.92. The summed E-state index contributed by atoms with van der Waals surface area (Å²) in [6, 6.07) is 2.29. The van der Waals surface area contributed by atoms with Crippen LogP contribution in [0.15, 0.2) is 0 Å². The molecule has 5 heteroatoms.